The van der Waals surface area contributed by atoms with Gasteiger partial charge in [0, 0.05) is 12.5 Å². The van der Waals surface area contributed by atoms with Crippen LogP contribution in [0.1, 0.15) is 64.7 Å². The average Bonchev–Trinajstić information content (AvgIpc) is 2.40. The third-order valence-electron chi connectivity index (χ3n) is 5.14. The first-order chi connectivity index (χ1) is 9.19. The monoisotopic (exact) mass is 267 g/mol. The van der Waals surface area contributed by atoms with Crippen molar-refractivity contribution in [3.8, 4) is 0 Å². The number of hydrogen-bond acceptors (Lipinski definition) is 2. The Bertz CT molecular complexity index is 276. The number of carboxylic acids is 1. The van der Waals surface area contributed by atoms with Gasteiger partial charge in [0.05, 0.1) is 0 Å². The molecule has 0 aromatic carbocycles. The number of rotatable bonds is 5. The number of likely N-dealkylation sites (tertiary alicyclic amines) is 1. The van der Waals surface area contributed by atoms with Crippen molar-refractivity contribution in [3.05, 3.63) is 0 Å². The molecule has 3 heteroatoms. The van der Waals surface area contributed by atoms with Crippen LogP contribution in [-0.2, 0) is 4.79 Å². The van der Waals surface area contributed by atoms with Crippen molar-refractivity contribution in [1.82, 2.24) is 4.90 Å². The Kier molecular flexibility index (Phi) is 5.68. The van der Waals surface area contributed by atoms with E-state index in [4.69, 9.17) is 5.11 Å². The zero-order valence-corrected chi connectivity index (χ0v) is 12.3. The van der Waals surface area contributed by atoms with Crippen LogP contribution < -0.4 is 0 Å². The highest BCUT2D eigenvalue weighted by atomic mass is 16.4. The van der Waals surface area contributed by atoms with Gasteiger partial charge in [-0.1, -0.05) is 19.8 Å². The van der Waals surface area contributed by atoms with Gasteiger partial charge in [0.25, 0.3) is 0 Å². The molecule has 0 radical (unpaired) electrons. The third kappa shape index (κ3) is 4.48. The van der Waals surface area contributed by atoms with E-state index in [1.54, 1.807) is 0 Å². The first-order valence-corrected chi connectivity index (χ1v) is 8.15. The van der Waals surface area contributed by atoms with Gasteiger partial charge in [-0.3, -0.25) is 4.79 Å². The van der Waals surface area contributed by atoms with Gasteiger partial charge in [0.1, 0.15) is 0 Å². The Hall–Kier alpha value is -0.570. The minimum Gasteiger partial charge on any atom is -0.481 e. The highest BCUT2D eigenvalue weighted by Gasteiger charge is 2.29. The SMILES string of the molecule is CCCC1CCC(N2CCC(CC(=O)O)CC2)CC1. The molecular weight excluding hydrogens is 238 g/mol. The van der Waals surface area contributed by atoms with Crippen molar-refractivity contribution in [1.29, 1.82) is 0 Å². The summed E-state index contributed by atoms with van der Waals surface area (Å²) in [4.78, 5) is 13.4. The van der Waals surface area contributed by atoms with Gasteiger partial charge < -0.3 is 10.0 Å². The zero-order valence-electron chi connectivity index (χ0n) is 12.3. The maximum Gasteiger partial charge on any atom is 0.303 e. The topological polar surface area (TPSA) is 40.5 Å². The fraction of sp³-hybridized carbons (Fsp3) is 0.938. The Balaban J connectivity index is 1.69. The van der Waals surface area contributed by atoms with E-state index in [2.05, 4.69) is 11.8 Å². The highest BCUT2D eigenvalue weighted by molar-refractivity contribution is 5.67. The second-order valence-electron chi connectivity index (χ2n) is 6.54. The minimum atomic E-state index is -0.626. The van der Waals surface area contributed by atoms with E-state index < -0.39 is 5.97 Å². The average molecular weight is 267 g/mol. The summed E-state index contributed by atoms with van der Waals surface area (Å²) in [7, 11) is 0. The second-order valence-corrected chi connectivity index (χ2v) is 6.54. The number of nitrogens with zero attached hydrogens (tertiary/aromatic N) is 1. The van der Waals surface area contributed by atoms with Crippen LogP contribution in [0.15, 0.2) is 0 Å². The molecule has 1 saturated heterocycles. The molecule has 0 aromatic heterocycles. The van der Waals surface area contributed by atoms with Gasteiger partial charge in [-0.25, -0.2) is 0 Å². The van der Waals surface area contributed by atoms with Crippen molar-refractivity contribution < 1.29 is 9.90 Å². The van der Waals surface area contributed by atoms with E-state index >= 15 is 0 Å². The Morgan fingerprint density at radius 3 is 2.21 bits per heavy atom. The molecule has 0 aromatic rings. The maximum absolute atomic E-state index is 10.7. The number of aliphatic carboxylic acids is 1. The molecular formula is C16H29NO2. The van der Waals surface area contributed by atoms with Crippen molar-refractivity contribution in [2.24, 2.45) is 11.8 Å². The molecule has 2 aliphatic rings. The predicted octanol–water partition coefficient (Wildman–Crippen LogP) is 3.53. The summed E-state index contributed by atoms with van der Waals surface area (Å²) >= 11 is 0. The first kappa shape index (κ1) is 14.8. The quantitative estimate of drug-likeness (QED) is 0.828. The van der Waals surface area contributed by atoms with E-state index in [9.17, 15) is 4.79 Å². The normalized spacial score (nSPS) is 30.4. The second kappa shape index (κ2) is 7.28. The standard InChI is InChI=1S/C16H29NO2/c1-2-3-13-4-6-15(7-5-13)17-10-8-14(9-11-17)12-16(18)19/h13-15H,2-12H2,1H3,(H,18,19). The fourth-order valence-corrected chi connectivity index (χ4v) is 3.98. The smallest absolute Gasteiger partial charge is 0.303 e. The van der Waals surface area contributed by atoms with Gasteiger partial charge in [-0.2, -0.15) is 0 Å². The van der Waals surface area contributed by atoms with Crippen molar-refractivity contribution in [2.75, 3.05) is 13.1 Å². The molecule has 0 spiro atoms. The molecule has 0 bridgehead atoms. The Morgan fingerprint density at radius 1 is 1.05 bits per heavy atom. The Morgan fingerprint density at radius 2 is 1.68 bits per heavy atom. The lowest BCUT2D eigenvalue weighted by Crippen LogP contribution is -2.43. The lowest BCUT2D eigenvalue weighted by molar-refractivity contribution is -0.138. The molecule has 1 aliphatic carbocycles. The summed E-state index contributed by atoms with van der Waals surface area (Å²) in [6.07, 6.45) is 10.8. The summed E-state index contributed by atoms with van der Waals surface area (Å²) in [5.41, 5.74) is 0. The Labute approximate surface area is 117 Å². The van der Waals surface area contributed by atoms with Gasteiger partial charge in [0.2, 0.25) is 0 Å². The van der Waals surface area contributed by atoms with Crippen LogP contribution in [0.3, 0.4) is 0 Å². The molecule has 1 saturated carbocycles. The molecule has 0 amide bonds. The van der Waals surface area contributed by atoms with E-state index in [1.165, 1.54) is 38.5 Å². The summed E-state index contributed by atoms with van der Waals surface area (Å²) in [6, 6.07) is 0.791. The van der Waals surface area contributed by atoms with Gasteiger partial charge in [-0.05, 0) is 63.5 Å². The minimum absolute atomic E-state index is 0.372. The molecule has 0 atom stereocenters. The summed E-state index contributed by atoms with van der Waals surface area (Å²) < 4.78 is 0. The van der Waals surface area contributed by atoms with Crippen LogP contribution in [0.5, 0.6) is 0 Å². The molecule has 110 valence electrons. The molecule has 2 fully saturated rings. The van der Waals surface area contributed by atoms with Crippen LogP contribution in [0.2, 0.25) is 0 Å². The van der Waals surface area contributed by atoms with Crippen LogP contribution in [0.25, 0.3) is 0 Å². The fourth-order valence-electron chi connectivity index (χ4n) is 3.98. The van der Waals surface area contributed by atoms with E-state index in [0.717, 1.165) is 37.9 Å². The van der Waals surface area contributed by atoms with Crippen LogP contribution >= 0.6 is 0 Å². The number of carbonyl (C=O) groups is 1. The van der Waals surface area contributed by atoms with Gasteiger partial charge in [0.15, 0.2) is 0 Å². The van der Waals surface area contributed by atoms with Crippen molar-refractivity contribution >= 4 is 5.97 Å². The lowest BCUT2D eigenvalue weighted by Gasteiger charge is -2.40. The van der Waals surface area contributed by atoms with Gasteiger partial charge in [-0.15, -0.1) is 0 Å². The van der Waals surface area contributed by atoms with Crippen LogP contribution in [0, 0.1) is 11.8 Å². The number of carboxylic acid groups (broad SMARTS) is 1. The van der Waals surface area contributed by atoms with Crippen LogP contribution in [0.4, 0.5) is 0 Å². The molecule has 1 aliphatic heterocycles. The van der Waals surface area contributed by atoms with Crippen molar-refractivity contribution in [3.63, 3.8) is 0 Å². The molecule has 3 nitrogen and oxygen atoms in total. The summed E-state index contributed by atoms with van der Waals surface area (Å²) in [5, 5.41) is 8.85. The van der Waals surface area contributed by atoms with Gasteiger partial charge >= 0.3 is 5.97 Å². The maximum atomic E-state index is 10.7. The molecule has 1 heterocycles. The summed E-state index contributed by atoms with van der Waals surface area (Å²) in [5.74, 6) is 0.773. The number of hydrogen-bond donors (Lipinski definition) is 1. The van der Waals surface area contributed by atoms with E-state index in [1.807, 2.05) is 0 Å². The molecule has 0 unspecified atom stereocenters. The number of piperidine rings is 1. The molecule has 2 rings (SSSR count). The zero-order chi connectivity index (χ0) is 13.7. The highest BCUT2D eigenvalue weighted by Crippen LogP contribution is 2.32. The van der Waals surface area contributed by atoms with E-state index in [-0.39, 0.29) is 0 Å². The molecule has 19 heavy (non-hydrogen) atoms. The largest absolute Gasteiger partial charge is 0.481 e. The van der Waals surface area contributed by atoms with Crippen LogP contribution in [-0.4, -0.2) is 35.1 Å². The molecule has 1 N–H and O–H groups in total. The van der Waals surface area contributed by atoms with E-state index in [0.29, 0.717) is 12.3 Å². The van der Waals surface area contributed by atoms with Crippen molar-refractivity contribution in [2.45, 2.75) is 70.8 Å². The summed E-state index contributed by atoms with van der Waals surface area (Å²) in [6.45, 7) is 4.54. The predicted molar refractivity (Wildman–Crippen MR) is 77.2 cm³/mol. The lowest BCUT2D eigenvalue weighted by atomic mass is 9.82. The first-order valence-electron chi connectivity index (χ1n) is 8.15. The third-order valence-corrected chi connectivity index (χ3v) is 5.14.